The number of fused-ring (bicyclic) bond motifs is 1. The third-order valence-corrected chi connectivity index (χ3v) is 6.51. The number of hydrogen-bond acceptors (Lipinski definition) is 2. The summed E-state index contributed by atoms with van der Waals surface area (Å²) in [6, 6.07) is 26.7. The second kappa shape index (κ2) is 8.81. The zero-order chi connectivity index (χ0) is 22.0. The zero-order valence-corrected chi connectivity index (χ0v) is 19.1. The molecule has 4 aromatic carbocycles. The molecule has 2 nitrogen and oxygen atoms in total. The maximum Gasteiger partial charge on any atom is 0.128 e. The Kier molecular flexibility index (Phi) is 6.12. The highest BCUT2D eigenvalue weighted by Gasteiger charge is 2.28. The van der Waals surface area contributed by atoms with Crippen LogP contribution in [0.15, 0.2) is 84.9 Å². The van der Waals surface area contributed by atoms with Crippen molar-refractivity contribution in [3.8, 4) is 16.9 Å². The van der Waals surface area contributed by atoms with Gasteiger partial charge in [-0.1, -0.05) is 76.6 Å². The summed E-state index contributed by atoms with van der Waals surface area (Å²) in [5.74, 6) is 0.506. The van der Waals surface area contributed by atoms with Gasteiger partial charge in [-0.05, 0) is 65.1 Å². The van der Waals surface area contributed by atoms with Crippen LogP contribution in [0.4, 0.5) is 4.39 Å². The van der Waals surface area contributed by atoms with Gasteiger partial charge in [-0.2, -0.15) is 0 Å². The maximum atomic E-state index is 14.9. The summed E-state index contributed by atoms with van der Waals surface area (Å²) in [5, 5.41) is 13.3. The maximum absolute atomic E-state index is 14.9. The molecule has 158 valence electrons. The van der Waals surface area contributed by atoms with E-state index in [0.29, 0.717) is 12.0 Å². The van der Waals surface area contributed by atoms with E-state index in [-0.39, 0.29) is 10.6 Å². The number of methoxy groups -OCH3 is 1. The van der Waals surface area contributed by atoms with Crippen molar-refractivity contribution in [1.29, 1.82) is 0 Å². The highest BCUT2D eigenvalue weighted by atomic mass is 79.9. The van der Waals surface area contributed by atoms with E-state index in [0.717, 1.165) is 33.2 Å². The van der Waals surface area contributed by atoms with E-state index >= 15 is 0 Å². The molecule has 0 saturated heterocycles. The lowest BCUT2D eigenvalue weighted by molar-refractivity contribution is 0.0477. The highest BCUT2D eigenvalue weighted by molar-refractivity contribution is 9.09. The lowest BCUT2D eigenvalue weighted by Crippen LogP contribution is -2.23. The van der Waals surface area contributed by atoms with Crippen LogP contribution < -0.4 is 4.74 Å². The number of ether oxygens (including phenoxy) is 1. The van der Waals surface area contributed by atoms with Gasteiger partial charge < -0.3 is 9.84 Å². The normalized spacial score (nSPS) is 14.2. The average molecular weight is 479 g/mol. The first-order valence-electron chi connectivity index (χ1n) is 10.2. The van der Waals surface area contributed by atoms with Crippen molar-refractivity contribution in [2.45, 2.75) is 23.8 Å². The minimum Gasteiger partial charge on any atom is -0.497 e. The fourth-order valence-corrected chi connectivity index (χ4v) is 4.86. The van der Waals surface area contributed by atoms with Crippen LogP contribution in [0.1, 0.15) is 29.3 Å². The topological polar surface area (TPSA) is 29.5 Å². The molecule has 0 aromatic heterocycles. The molecule has 0 aliphatic carbocycles. The Morgan fingerprint density at radius 3 is 2.32 bits per heavy atom. The summed E-state index contributed by atoms with van der Waals surface area (Å²) >= 11 is 3.60. The van der Waals surface area contributed by atoms with E-state index in [1.807, 2.05) is 72.8 Å². The van der Waals surface area contributed by atoms with Crippen molar-refractivity contribution in [2.24, 2.45) is 0 Å². The van der Waals surface area contributed by atoms with Gasteiger partial charge in [0.1, 0.15) is 11.6 Å². The van der Waals surface area contributed by atoms with Crippen molar-refractivity contribution < 1.29 is 14.2 Å². The van der Waals surface area contributed by atoms with E-state index in [2.05, 4.69) is 15.9 Å². The summed E-state index contributed by atoms with van der Waals surface area (Å²) in [6.07, 6.45) is 0.330. The molecule has 2 atom stereocenters. The predicted octanol–water partition coefficient (Wildman–Crippen LogP) is 7.39. The standard InChI is InChI=1S/C27H24BrFO2/c1-27(30,22-11-8-20-15-23(31-2)12-9-19(20)14-22)17-25(28)24-13-10-21(16-26(24)29)18-6-4-3-5-7-18/h3-16,25,30H,17H2,1-2H3. The van der Waals surface area contributed by atoms with Crippen molar-refractivity contribution in [2.75, 3.05) is 7.11 Å². The van der Waals surface area contributed by atoms with Crippen molar-refractivity contribution >= 4 is 26.7 Å². The fraction of sp³-hybridized carbons (Fsp3) is 0.185. The lowest BCUT2D eigenvalue weighted by atomic mass is 9.87. The molecular formula is C27H24BrFO2. The molecule has 0 saturated carbocycles. The Balaban J connectivity index is 1.57. The van der Waals surface area contributed by atoms with Gasteiger partial charge in [0, 0.05) is 10.4 Å². The molecule has 0 bridgehead atoms. The number of aliphatic hydroxyl groups is 1. The molecule has 0 heterocycles. The lowest BCUT2D eigenvalue weighted by Gasteiger charge is -2.27. The first-order valence-corrected chi connectivity index (χ1v) is 11.1. The molecule has 0 spiro atoms. The smallest absolute Gasteiger partial charge is 0.128 e. The average Bonchev–Trinajstić information content (AvgIpc) is 2.78. The molecule has 0 radical (unpaired) electrons. The predicted molar refractivity (Wildman–Crippen MR) is 128 cm³/mol. The monoisotopic (exact) mass is 478 g/mol. The minimum atomic E-state index is -1.13. The van der Waals surface area contributed by atoms with Gasteiger partial charge >= 0.3 is 0 Å². The van der Waals surface area contributed by atoms with Gasteiger partial charge in [-0.3, -0.25) is 0 Å². The van der Waals surface area contributed by atoms with Gasteiger partial charge in [0.15, 0.2) is 0 Å². The summed E-state index contributed by atoms with van der Waals surface area (Å²) < 4.78 is 20.2. The Bertz CT molecular complexity index is 1200. The largest absolute Gasteiger partial charge is 0.497 e. The Labute approximate surface area is 190 Å². The molecule has 0 aliphatic rings. The molecule has 2 unspecified atom stereocenters. The number of benzene rings is 4. The second-order valence-electron chi connectivity index (χ2n) is 7.98. The molecule has 31 heavy (non-hydrogen) atoms. The molecule has 0 fully saturated rings. The highest BCUT2D eigenvalue weighted by Crippen LogP contribution is 2.39. The SMILES string of the molecule is COc1ccc2cc(C(C)(O)CC(Br)c3ccc(-c4ccccc4)cc3F)ccc2c1. The summed E-state index contributed by atoms with van der Waals surface area (Å²) in [7, 11) is 1.64. The van der Waals surface area contributed by atoms with Crippen molar-refractivity contribution in [1.82, 2.24) is 0 Å². The van der Waals surface area contributed by atoms with Crippen LogP contribution in [0.3, 0.4) is 0 Å². The molecule has 4 aromatic rings. The van der Waals surface area contributed by atoms with Crippen LogP contribution in [0, 0.1) is 5.82 Å². The Hall–Kier alpha value is -2.69. The first kappa shape index (κ1) is 21.5. The van der Waals surface area contributed by atoms with Gasteiger partial charge in [-0.15, -0.1) is 0 Å². The third kappa shape index (κ3) is 4.65. The van der Waals surface area contributed by atoms with Crippen LogP contribution in [-0.2, 0) is 5.60 Å². The van der Waals surface area contributed by atoms with Crippen LogP contribution in [0.2, 0.25) is 0 Å². The molecule has 0 amide bonds. The van der Waals surface area contributed by atoms with E-state index in [4.69, 9.17) is 4.74 Å². The fourth-order valence-electron chi connectivity index (χ4n) is 3.85. The number of hydrogen-bond donors (Lipinski definition) is 1. The summed E-state index contributed by atoms with van der Waals surface area (Å²) in [5.41, 5.74) is 1.99. The Morgan fingerprint density at radius 1 is 0.903 bits per heavy atom. The minimum absolute atomic E-state index is 0.287. The quantitative estimate of drug-likeness (QED) is 0.292. The van der Waals surface area contributed by atoms with Crippen LogP contribution in [0.5, 0.6) is 5.75 Å². The van der Waals surface area contributed by atoms with Crippen LogP contribution in [-0.4, -0.2) is 12.2 Å². The first-order chi connectivity index (χ1) is 14.9. The van der Waals surface area contributed by atoms with Gasteiger partial charge in [0.2, 0.25) is 0 Å². The molecule has 4 heteroatoms. The zero-order valence-electron chi connectivity index (χ0n) is 17.5. The third-order valence-electron chi connectivity index (χ3n) is 5.69. The number of alkyl halides is 1. The molecular weight excluding hydrogens is 455 g/mol. The summed E-state index contributed by atoms with van der Waals surface area (Å²) in [6.45, 7) is 1.77. The molecule has 4 rings (SSSR count). The van der Waals surface area contributed by atoms with E-state index in [9.17, 15) is 9.50 Å². The number of halogens is 2. The van der Waals surface area contributed by atoms with Gasteiger partial charge in [0.05, 0.1) is 12.7 Å². The summed E-state index contributed by atoms with van der Waals surface area (Å²) in [4.78, 5) is -0.334. The van der Waals surface area contributed by atoms with Gasteiger partial charge in [-0.25, -0.2) is 4.39 Å². The van der Waals surface area contributed by atoms with Crippen molar-refractivity contribution in [3.05, 3.63) is 102 Å². The van der Waals surface area contributed by atoms with Crippen LogP contribution in [0.25, 0.3) is 21.9 Å². The van der Waals surface area contributed by atoms with Crippen LogP contribution >= 0.6 is 15.9 Å². The molecule has 0 aliphatic heterocycles. The Morgan fingerprint density at radius 2 is 1.61 bits per heavy atom. The second-order valence-corrected chi connectivity index (χ2v) is 9.08. The number of rotatable bonds is 6. The molecule has 1 N–H and O–H groups in total. The van der Waals surface area contributed by atoms with Crippen molar-refractivity contribution in [3.63, 3.8) is 0 Å². The van der Waals surface area contributed by atoms with E-state index < -0.39 is 5.60 Å². The van der Waals surface area contributed by atoms with Gasteiger partial charge in [0.25, 0.3) is 0 Å². The van der Waals surface area contributed by atoms with E-state index in [1.54, 1.807) is 26.2 Å². The van der Waals surface area contributed by atoms with E-state index in [1.165, 1.54) is 0 Å².